The quantitative estimate of drug-likeness (QED) is 0.434. The van der Waals surface area contributed by atoms with Gasteiger partial charge in [0.1, 0.15) is 0 Å². The van der Waals surface area contributed by atoms with Gasteiger partial charge in [0.15, 0.2) is 0 Å². The third kappa shape index (κ3) is 10.2. The van der Waals surface area contributed by atoms with Crippen LogP contribution in [0.5, 0.6) is 0 Å². The Morgan fingerprint density at radius 1 is 1.29 bits per heavy atom. The van der Waals surface area contributed by atoms with Crippen molar-refractivity contribution in [1.82, 2.24) is 15.4 Å². The Bertz CT molecular complexity index is 210. The summed E-state index contributed by atoms with van der Waals surface area (Å²) in [6.45, 7) is 7.96. The zero-order chi connectivity index (χ0) is 13.3. The monoisotopic (exact) mass is 246 g/mol. The number of nitrogens with two attached hydrogens (primary N) is 1. The van der Waals surface area contributed by atoms with E-state index in [4.69, 9.17) is 5.84 Å². The second kappa shape index (κ2) is 9.35. The summed E-state index contributed by atoms with van der Waals surface area (Å²) < 4.78 is 0. The standard InChI is InChI=1S/C11H26N4O2/c1-10(2)9-15(8-7-14(3)4)6-5-11(16)17-13-12/h10,13H,5-9,12H2,1-4H3. The number of hydrogen-bond acceptors (Lipinski definition) is 6. The SMILES string of the molecule is CC(C)CN(CCC(=O)ONN)CCN(C)C. The Balaban J connectivity index is 3.96. The van der Waals surface area contributed by atoms with E-state index in [2.05, 4.69) is 28.5 Å². The molecule has 0 aromatic rings. The normalized spacial score (nSPS) is 11.5. The average molecular weight is 246 g/mol. The zero-order valence-electron chi connectivity index (χ0n) is 11.4. The van der Waals surface area contributed by atoms with Gasteiger partial charge in [0.05, 0.1) is 6.42 Å². The van der Waals surface area contributed by atoms with Crippen LogP contribution in [-0.4, -0.2) is 56.0 Å². The minimum atomic E-state index is -0.328. The molecule has 0 spiro atoms. The van der Waals surface area contributed by atoms with Crippen LogP contribution in [0.1, 0.15) is 20.3 Å². The van der Waals surface area contributed by atoms with Gasteiger partial charge in [-0.3, -0.25) is 4.79 Å². The van der Waals surface area contributed by atoms with E-state index in [1.54, 1.807) is 0 Å². The maximum atomic E-state index is 11.2. The van der Waals surface area contributed by atoms with Gasteiger partial charge < -0.3 is 14.6 Å². The van der Waals surface area contributed by atoms with Gasteiger partial charge in [0.2, 0.25) is 0 Å². The minimum Gasteiger partial charge on any atom is -0.356 e. The summed E-state index contributed by atoms with van der Waals surface area (Å²) in [6, 6.07) is 0. The lowest BCUT2D eigenvalue weighted by Crippen LogP contribution is -2.36. The van der Waals surface area contributed by atoms with Crippen molar-refractivity contribution < 1.29 is 9.63 Å². The lowest BCUT2D eigenvalue weighted by atomic mass is 10.2. The van der Waals surface area contributed by atoms with Gasteiger partial charge in [-0.05, 0) is 20.0 Å². The maximum Gasteiger partial charge on any atom is 0.327 e. The average Bonchev–Trinajstić information content (AvgIpc) is 2.21. The van der Waals surface area contributed by atoms with Crippen LogP contribution in [0, 0.1) is 5.92 Å². The van der Waals surface area contributed by atoms with Gasteiger partial charge in [-0.15, -0.1) is 0 Å². The first-order valence-corrected chi connectivity index (χ1v) is 5.98. The van der Waals surface area contributed by atoms with Gasteiger partial charge in [-0.1, -0.05) is 19.4 Å². The number of likely N-dealkylation sites (N-methyl/N-ethyl adjacent to an activating group) is 1. The van der Waals surface area contributed by atoms with E-state index in [0.29, 0.717) is 18.9 Å². The second-order valence-corrected chi connectivity index (χ2v) is 4.84. The summed E-state index contributed by atoms with van der Waals surface area (Å²) in [7, 11) is 4.08. The first kappa shape index (κ1) is 16.3. The van der Waals surface area contributed by atoms with Crippen molar-refractivity contribution in [3.63, 3.8) is 0 Å². The summed E-state index contributed by atoms with van der Waals surface area (Å²) in [4.78, 5) is 20.0. The Labute approximate surface area is 104 Å². The molecule has 17 heavy (non-hydrogen) atoms. The van der Waals surface area contributed by atoms with Crippen LogP contribution in [0.25, 0.3) is 0 Å². The molecule has 0 radical (unpaired) electrons. The molecule has 3 N–H and O–H groups in total. The number of nitrogens with one attached hydrogen (secondary N) is 1. The number of hydrazine groups is 1. The van der Waals surface area contributed by atoms with Gasteiger partial charge in [-0.2, -0.15) is 0 Å². The summed E-state index contributed by atoms with van der Waals surface area (Å²) in [5.41, 5.74) is 1.91. The molecule has 0 aliphatic rings. The first-order chi connectivity index (χ1) is 7.95. The van der Waals surface area contributed by atoms with Crippen LogP contribution in [0.3, 0.4) is 0 Å². The van der Waals surface area contributed by atoms with E-state index in [1.165, 1.54) is 0 Å². The highest BCUT2D eigenvalue weighted by Gasteiger charge is 2.11. The molecule has 0 amide bonds. The predicted octanol–water partition coefficient (Wildman–Crippen LogP) is -0.182. The lowest BCUT2D eigenvalue weighted by molar-refractivity contribution is -0.151. The number of carbonyl (C=O) groups is 1. The van der Waals surface area contributed by atoms with E-state index >= 15 is 0 Å². The molecular formula is C11H26N4O2. The number of hydrogen-bond donors (Lipinski definition) is 2. The van der Waals surface area contributed by atoms with Crippen LogP contribution >= 0.6 is 0 Å². The molecule has 0 rings (SSSR count). The Hall–Kier alpha value is -0.690. The fourth-order valence-electron chi connectivity index (χ4n) is 1.52. The van der Waals surface area contributed by atoms with Crippen LogP contribution in [0.15, 0.2) is 0 Å². The first-order valence-electron chi connectivity index (χ1n) is 5.98. The Kier molecular flexibility index (Phi) is 8.97. The van der Waals surface area contributed by atoms with Gasteiger partial charge in [0, 0.05) is 26.2 Å². The maximum absolute atomic E-state index is 11.2. The summed E-state index contributed by atoms with van der Waals surface area (Å²) in [6.07, 6.45) is 0.352. The predicted molar refractivity (Wildman–Crippen MR) is 67.9 cm³/mol. The van der Waals surface area contributed by atoms with E-state index in [0.717, 1.165) is 19.6 Å². The third-order valence-corrected chi connectivity index (χ3v) is 2.29. The highest BCUT2D eigenvalue weighted by atomic mass is 16.7. The zero-order valence-corrected chi connectivity index (χ0v) is 11.4. The van der Waals surface area contributed by atoms with Crippen molar-refractivity contribution in [3.8, 4) is 0 Å². The molecule has 0 aliphatic heterocycles. The van der Waals surface area contributed by atoms with Crippen molar-refractivity contribution in [2.75, 3.05) is 40.3 Å². The molecule has 0 bridgehead atoms. The highest BCUT2D eigenvalue weighted by molar-refractivity contribution is 5.69. The van der Waals surface area contributed by atoms with Gasteiger partial charge in [0.25, 0.3) is 0 Å². The topological polar surface area (TPSA) is 70.8 Å². The van der Waals surface area contributed by atoms with E-state index in [1.807, 2.05) is 19.7 Å². The molecule has 0 heterocycles. The molecule has 0 aromatic carbocycles. The Morgan fingerprint density at radius 3 is 2.41 bits per heavy atom. The van der Waals surface area contributed by atoms with Crippen LogP contribution in [0.2, 0.25) is 0 Å². The van der Waals surface area contributed by atoms with Crippen molar-refractivity contribution in [3.05, 3.63) is 0 Å². The van der Waals surface area contributed by atoms with E-state index in [9.17, 15) is 4.79 Å². The summed E-state index contributed by atoms with van der Waals surface area (Å²) >= 11 is 0. The molecule has 0 saturated carbocycles. The van der Waals surface area contributed by atoms with Crippen molar-refractivity contribution >= 4 is 5.97 Å². The third-order valence-electron chi connectivity index (χ3n) is 2.29. The Morgan fingerprint density at radius 2 is 1.94 bits per heavy atom. The largest absolute Gasteiger partial charge is 0.356 e. The number of rotatable bonds is 9. The van der Waals surface area contributed by atoms with Crippen molar-refractivity contribution in [2.24, 2.45) is 11.8 Å². The van der Waals surface area contributed by atoms with Crippen molar-refractivity contribution in [2.45, 2.75) is 20.3 Å². The molecule has 0 saturated heterocycles. The van der Waals surface area contributed by atoms with Crippen LogP contribution < -0.4 is 11.4 Å². The summed E-state index contributed by atoms with van der Waals surface area (Å²) in [5.74, 6) is 5.16. The van der Waals surface area contributed by atoms with E-state index in [-0.39, 0.29) is 5.97 Å². The van der Waals surface area contributed by atoms with Gasteiger partial charge >= 0.3 is 5.97 Å². The van der Waals surface area contributed by atoms with Gasteiger partial charge in [-0.25, -0.2) is 5.84 Å². The fraction of sp³-hybridized carbons (Fsp3) is 0.909. The molecule has 0 fully saturated rings. The molecule has 0 aromatic heterocycles. The van der Waals surface area contributed by atoms with Crippen LogP contribution in [0.4, 0.5) is 0 Å². The lowest BCUT2D eigenvalue weighted by Gasteiger charge is -2.25. The molecule has 6 heteroatoms. The number of carbonyl (C=O) groups excluding carboxylic acids is 1. The van der Waals surface area contributed by atoms with Crippen LogP contribution in [-0.2, 0) is 9.63 Å². The fourth-order valence-corrected chi connectivity index (χ4v) is 1.52. The molecule has 0 unspecified atom stereocenters. The summed E-state index contributed by atoms with van der Waals surface area (Å²) in [5, 5.41) is 0. The van der Waals surface area contributed by atoms with E-state index < -0.39 is 0 Å². The smallest absolute Gasteiger partial charge is 0.327 e. The highest BCUT2D eigenvalue weighted by Crippen LogP contribution is 2.00. The molecule has 0 aliphatic carbocycles. The molecular weight excluding hydrogens is 220 g/mol. The second-order valence-electron chi connectivity index (χ2n) is 4.84. The minimum absolute atomic E-state index is 0.328. The number of nitrogens with zero attached hydrogens (tertiary/aromatic N) is 2. The molecule has 6 nitrogen and oxygen atoms in total. The van der Waals surface area contributed by atoms with Crippen molar-refractivity contribution in [1.29, 1.82) is 0 Å². The molecule has 102 valence electrons. The molecule has 0 atom stereocenters.